The van der Waals surface area contributed by atoms with E-state index in [0.717, 1.165) is 0 Å². The van der Waals surface area contributed by atoms with E-state index in [9.17, 15) is 9.90 Å². The molecule has 0 bridgehead atoms. The summed E-state index contributed by atoms with van der Waals surface area (Å²) in [5, 5.41) is 12.8. The van der Waals surface area contributed by atoms with Gasteiger partial charge in [-0.3, -0.25) is 4.79 Å². The number of benzene rings is 2. The molecule has 0 fully saturated rings. The van der Waals surface area contributed by atoms with Gasteiger partial charge in [0.1, 0.15) is 5.75 Å². The molecule has 1 amide bonds. The fraction of sp³-hybridized carbons (Fsp3) is 0.0714. The van der Waals surface area contributed by atoms with E-state index in [1.807, 2.05) is 0 Å². The molecule has 0 aliphatic carbocycles. The van der Waals surface area contributed by atoms with Crippen LogP contribution in [0, 0.1) is 6.92 Å². The lowest BCUT2D eigenvalue weighted by Crippen LogP contribution is -2.11. The third-order valence-electron chi connectivity index (χ3n) is 2.56. The number of rotatable bonds is 2. The Balaban J connectivity index is 2.16. The van der Waals surface area contributed by atoms with E-state index < -0.39 is 0 Å². The first kappa shape index (κ1) is 12.5. The number of anilines is 1. The minimum absolute atomic E-state index is 0.179. The Bertz CT molecular complexity index is 579. The molecule has 2 N–H and O–H groups in total. The number of hydrogen-bond acceptors (Lipinski definition) is 2. The number of halogens is 1. The van der Waals surface area contributed by atoms with Crippen molar-refractivity contribution in [2.45, 2.75) is 6.92 Å². The Morgan fingerprint density at radius 1 is 1.17 bits per heavy atom. The lowest BCUT2D eigenvalue weighted by atomic mass is 10.1. The summed E-state index contributed by atoms with van der Waals surface area (Å²) in [6.07, 6.45) is 0. The van der Waals surface area contributed by atoms with Gasteiger partial charge in [-0.15, -0.1) is 0 Å². The van der Waals surface area contributed by atoms with Gasteiger partial charge in [0.25, 0.3) is 5.91 Å². The molecular formula is C14H12ClNO2. The van der Waals surface area contributed by atoms with Gasteiger partial charge in [-0.25, -0.2) is 0 Å². The zero-order valence-electron chi connectivity index (χ0n) is 9.77. The second-order valence-electron chi connectivity index (χ2n) is 3.96. The molecule has 0 heterocycles. The Hall–Kier alpha value is -2.00. The van der Waals surface area contributed by atoms with Crippen LogP contribution in [-0.2, 0) is 0 Å². The zero-order chi connectivity index (χ0) is 13.1. The first-order valence-electron chi connectivity index (χ1n) is 5.43. The smallest absolute Gasteiger partial charge is 0.255 e. The van der Waals surface area contributed by atoms with Crippen LogP contribution in [0.25, 0.3) is 0 Å². The van der Waals surface area contributed by atoms with Crippen molar-refractivity contribution in [3.05, 3.63) is 58.6 Å². The molecule has 0 saturated heterocycles. The van der Waals surface area contributed by atoms with E-state index in [1.54, 1.807) is 43.3 Å². The van der Waals surface area contributed by atoms with Crippen molar-refractivity contribution < 1.29 is 9.90 Å². The molecule has 4 heteroatoms. The summed E-state index contributed by atoms with van der Waals surface area (Å²) in [5.74, 6) is -0.0431. The highest BCUT2D eigenvalue weighted by Gasteiger charge is 2.07. The quantitative estimate of drug-likeness (QED) is 0.868. The third kappa shape index (κ3) is 2.81. The number of aromatic hydroxyl groups is 1. The zero-order valence-corrected chi connectivity index (χ0v) is 10.5. The third-order valence-corrected chi connectivity index (χ3v) is 2.81. The van der Waals surface area contributed by atoms with Crippen LogP contribution < -0.4 is 5.32 Å². The van der Waals surface area contributed by atoms with E-state index >= 15 is 0 Å². The van der Waals surface area contributed by atoms with Gasteiger partial charge in [-0.05, 0) is 55.0 Å². The van der Waals surface area contributed by atoms with Gasteiger partial charge in [-0.2, -0.15) is 0 Å². The van der Waals surface area contributed by atoms with Crippen molar-refractivity contribution in [2.75, 3.05) is 5.32 Å². The summed E-state index contributed by atoms with van der Waals surface area (Å²) in [6.45, 7) is 1.74. The molecule has 2 aromatic rings. The molecule has 0 unspecified atom stereocenters. The van der Waals surface area contributed by atoms with E-state index in [-0.39, 0.29) is 11.7 Å². The van der Waals surface area contributed by atoms with Gasteiger partial charge in [0.05, 0.1) is 0 Å². The fourth-order valence-corrected chi connectivity index (χ4v) is 1.66. The number of phenols is 1. The van der Waals surface area contributed by atoms with Crippen molar-refractivity contribution in [1.29, 1.82) is 0 Å². The SMILES string of the molecule is Cc1cc(C(=O)Nc2ccc(Cl)cc2)ccc1O. The van der Waals surface area contributed by atoms with Crippen molar-refractivity contribution in [3.8, 4) is 5.75 Å². The second kappa shape index (κ2) is 5.10. The van der Waals surface area contributed by atoms with Gasteiger partial charge in [0.2, 0.25) is 0 Å². The Labute approximate surface area is 110 Å². The highest BCUT2D eigenvalue weighted by atomic mass is 35.5. The lowest BCUT2D eigenvalue weighted by molar-refractivity contribution is 0.102. The molecule has 2 aromatic carbocycles. The molecule has 0 aliphatic heterocycles. The van der Waals surface area contributed by atoms with Crippen LogP contribution >= 0.6 is 11.6 Å². The normalized spacial score (nSPS) is 10.1. The molecule has 0 saturated carbocycles. The molecular weight excluding hydrogens is 250 g/mol. The monoisotopic (exact) mass is 261 g/mol. The minimum Gasteiger partial charge on any atom is -0.508 e. The first-order chi connectivity index (χ1) is 8.56. The van der Waals surface area contributed by atoms with Crippen LogP contribution in [0.1, 0.15) is 15.9 Å². The van der Waals surface area contributed by atoms with Crippen LogP contribution in [0.5, 0.6) is 5.75 Å². The first-order valence-corrected chi connectivity index (χ1v) is 5.80. The molecule has 0 spiro atoms. The summed E-state index contributed by atoms with van der Waals surface area (Å²) in [7, 11) is 0. The summed E-state index contributed by atoms with van der Waals surface area (Å²) in [4.78, 5) is 11.9. The maximum absolute atomic E-state index is 11.9. The van der Waals surface area contributed by atoms with Crippen molar-refractivity contribution in [1.82, 2.24) is 0 Å². The van der Waals surface area contributed by atoms with Crippen molar-refractivity contribution in [2.24, 2.45) is 0 Å². The maximum atomic E-state index is 11.9. The van der Waals surface area contributed by atoms with Crippen LogP contribution in [-0.4, -0.2) is 11.0 Å². The highest BCUT2D eigenvalue weighted by molar-refractivity contribution is 6.30. The molecule has 0 radical (unpaired) electrons. The second-order valence-corrected chi connectivity index (χ2v) is 4.40. The molecule has 0 aliphatic rings. The standard InChI is InChI=1S/C14H12ClNO2/c1-9-8-10(2-7-13(9)17)14(18)16-12-5-3-11(15)4-6-12/h2-8,17H,1H3,(H,16,18). The number of hydrogen-bond donors (Lipinski definition) is 2. The summed E-state index contributed by atoms with van der Waals surface area (Å²) < 4.78 is 0. The van der Waals surface area contributed by atoms with E-state index in [2.05, 4.69) is 5.32 Å². The molecule has 2 rings (SSSR count). The minimum atomic E-state index is -0.222. The average molecular weight is 262 g/mol. The van der Waals surface area contributed by atoms with E-state index in [1.165, 1.54) is 6.07 Å². The van der Waals surface area contributed by atoms with Crippen LogP contribution in [0.4, 0.5) is 5.69 Å². The van der Waals surface area contributed by atoms with Crippen LogP contribution in [0.3, 0.4) is 0 Å². The highest BCUT2D eigenvalue weighted by Crippen LogP contribution is 2.19. The van der Waals surface area contributed by atoms with E-state index in [4.69, 9.17) is 11.6 Å². The van der Waals surface area contributed by atoms with Crippen LogP contribution in [0.2, 0.25) is 5.02 Å². The predicted octanol–water partition coefficient (Wildman–Crippen LogP) is 3.61. The maximum Gasteiger partial charge on any atom is 0.255 e. The summed E-state index contributed by atoms with van der Waals surface area (Å²) >= 11 is 5.76. The van der Waals surface area contributed by atoms with Gasteiger partial charge >= 0.3 is 0 Å². The Morgan fingerprint density at radius 3 is 2.44 bits per heavy atom. The number of nitrogens with one attached hydrogen (secondary N) is 1. The average Bonchev–Trinajstić information content (AvgIpc) is 2.35. The molecule has 92 valence electrons. The number of amides is 1. The lowest BCUT2D eigenvalue weighted by Gasteiger charge is -2.06. The van der Waals surface area contributed by atoms with Crippen molar-refractivity contribution >= 4 is 23.2 Å². The molecule has 3 nitrogen and oxygen atoms in total. The van der Waals surface area contributed by atoms with Gasteiger partial charge in [0.15, 0.2) is 0 Å². The number of carbonyl (C=O) groups excluding carboxylic acids is 1. The molecule has 0 aromatic heterocycles. The topological polar surface area (TPSA) is 49.3 Å². The van der Waals surface area contributed by atoms with Crippen molar-refractivity contribution in [3.63, 3.8) is 0 Å². The number of carbonyl (C=O) groups is 1. The fourth-order valence-electron chi connectivity index (χ4n) is 1.53. The van der Waals surface area contributed by atoms with Gasteiger partial charge in [-0.1, -0.05) is 11.6 Å². The molecule has 18 heavy (non-hydrogen) atoms. The Kier molecular flexibility index (Phi) is 3.53. The summed E-state index contributed by atoms with van der Waals surface area (Å²) in [6, 6.07) is 11.6. The van der Waals surface area contributed by atoms with Crippen LogP contribution in [0.15, 0.2) is 42.5 Å². The van der Waals surface area contributed by atoms with Gasteiger partial charge < -0.3 is 10.4 Å². The molecule has 0 atom stereocenters. The number of aryl methyl sites for hydroxylation is 1. The predicted molar refractivity (Wildman–Crippen MR) is 72.2 cm³/mol. The van der Waals surface area contributed by atoms with E-state index in [0.29, 0.717) is 21.8 Å². The Morgan fingerprint density at radius 2 is 1.83 bits per heavy atom. The summed E-state index contributed by atoms with van der Waals surface area (Å²) in [5.41, 5.74) is 1.84. The largest absolute Gasteiger partial charge is 0.508 e. The number of phenolic OH excluding ortho intramolecular Hbond substituents is 1. The van der Waals surface area contributed by atoms with Gasteiger partial charge in [0, 0.05) is 16.3 Å².